The predicted octanol–water partition coefficient (Wildman–Crippen LogP) is 3.64. The molecule has 0 spiro atoms. The van der Waals surface area contributed by atoms with E-state index in [9.17, 15) is 26.3 Å². The van der Waals surface area contributed by atoms with Crippen LogP contribution >= 0.6 is 0 Å². The van der Waals surface area contributed by atoms with Gasteiger partial charge in [-0.05, 0) is 5.19 Å². The molecule has 0 saturated carbocycles. The summed E-state index contributed by atoms with van der Waals surface area (Å²) in [5.41, 5.74) is 0. The van der Waals surface area contributed by atoms with Crippen molar-refractivity contribution in [1.29, 1.82) is 0 Å². The van der Waals surface area contributed by atoms with Crippen molar-refractivity contribution < 1.29 is 26.3 Å². The van der Waals surface area contributed by atoms with E-state index in [1.165, 1.54) is 18.2 Å². The molecule has 0 bridgehead atoms. The second kappa shape index (κ2) is 4.36. The van der Waals surface area contributed by atoms with Crippen molar-refractivity contribution in [3.63, 3.8) is 0 Å². The molecule has 0 aliphatic rings. The summed E-state index contributed by atoms with van der Waals surface area (Å²) >= 11 is 0. The Bertz CT molecular complexity index is 369. The summed E-state index contributed by atoms with van der Waals surface area (Å²) in [5, 5.41) is -0.246. The van der Waals surface area contributed by atoms with Crippen LogP contribution in [0.4, 0.5) is 26.3 Å². The highest BCUT2D eigenvalue weighted by molar-refractivity contribution is 6.92. The van der Waals surface area contributed by atoms with Gasteiger partial charge in [0.1, 0.15) is 0 Å². The summed E-state index contributed by atoms with van der Waals surface area (Å²) < 4.78 is 75.6. The van der Waals surface area contributed by atoms with Crippen molar-refractivity contribution in [3.05, 3.63) is 30.3 Å². The molecule has 0 heterocycles. The van der Waals surface area contributed by atoms with Crippen LogP contribution in [0.25, 0.3) is 0 Å². The van der Waals surface area contributed by atoms with Gasteiger partial charge in [-0.3, -0.25) is 0 Å². The van der Waals surface area contributed by atoms with Gasteiger partial charge < -0.3 is 0 Å². The van der Waals surface area contributed by atoms with E-state index < -0.39 is 26.1 Å². The van der Waals surface area contributed by atoms with E-state index in [0.29, 0.717) is 6.55 Å². The van der Waals surface area contributed by atoms with Gasteiger partial charge in [-0.2, -0.15) is 26.3 Å². The van der Waals surface area contributed by atoms with Crippen LogP contribution in [0.3, 0.4) is 0 Å². The number of rotatable bonds is 2. The Kier molecular flexibility index (Phi) is 3.61. The van der Waals surface area contributed by atoms with Gasteiger partial charge in [0, 0.05) is 0 Å². The Morgan fingerprint density at radius 2 is 1.41 bits per heavy atom. The topological polar surface area (TPSA) is 0 Å². The zero-order chi connectivity index (χ0) is 13.3. The van der Waals surface area contributed by atoms with Crippen LogP contribution < -0.4 is 5.19 Å². The lowest BCUT2D eigenvalue weighted by molar-refractivity contribution is -0.118. The summed E-state index contributed by atoms with van der Waals surface area (Å²) in [6.07, 6.45) is -4.81. The maximum Gasteiger partial charge on any atom is 0.387 e. The van der Waals surface area contributed by atoms with E-state index in [4.69, 9.17) is 0 Å². The quantitative estimate of drug-likeness (QED) is 0.569. The summed E-state index contributed by atoms with van der Waals surface area (Å²) in [6.45, 7) is 0.704. The highest BCUT2D eigenvalue weighted by atomic mass is 28.3. The third kappa shape index (κ3) is 3.24. The minimum atomic E-state index is -4.82. The third-order valence-electron chi connectivity index (χ3n) is 2.59. The Labute approximate surface area is 95.3 Å². The van der Waals surface area contributed by atoms with E-state index in [0.717, 1.165) is 12.1 Å². The number of hydrogen-bond acceptors (Lipinski definition) is 0. The summed E-state index contributed by atoms with van der Waals surface area (Å²) in [5.74, 6) is -4.82. The molecule has 0 amide bonds. The van der Waals surface area contributed by atoms with Crippen LogP contribution in [0.1, 0.15) is 0 Å². The van der Waals surface area contributed by atoms with Gasteiger partial charge in [0.05, 0.1) is 6.04 Å². The molecule has 1 aromatic rings. The second-order valence-electron chi connectivity index (χ2n) is 3.99. The molecule has 1 rings (SSSR count). The molecule has 1 unspecified atom stereocenters. The van der Waals surface area contributed by atoms with Gasteiger partial charge in [0.2, 0.25) is 8.07 Å². The van der Waals surface area contributed by atoms with E-state index in [2.05, 4.69) is 0 Å². The molecule has 0 saturated heterocycles. The van der Waals surface area contributed by atoms with E-state index in [1.807, 2.05) is 0 Å². The lowest BCUT2D eigenvalue weighted by Gasteiger charge is -2.30. The molecule has 1 atom stereocenters. The van der Waals surface area contributed by atoms with Crippen molar-refractivity contribution >= 4 is 13.3 Å². The first-order valence-corrected chi connectivity index (χ1v) is 7.46. The number of hydrogen-bond donors (Lipinski definition) is 0. The molecular weight excluding hydrogens is 262 g/mol. The third-order valence-corrected chi connectivity index (χ3v) is 6.56. The van der Waals surface area contributed by atoms with E-state index >= 15 is 0 Å². The van der Waals surface area contributed by atoms with Crippen LogP contribution in [-0.4, -0.2) is 20.0 Å². The normalized spacial score (nSPS) is 16.6. The molecule has 0 aliphatic carbocycles. The Balaban J connectivity index is 3.22. The predicted molar refractivity (Wildman–Crippen MR) is 54.6 cm³/mol. The zero-order valence-electron chi connectivity index (χ0n) is 8.86. The zero-order valence-corrected chi connectivity index (χ0v) is 9.86. The van der Waals surface area contributed by atoms with Crippen LogP contribution in [0, 0.1) is 0 Å². The molecule has 0 aromatic heterocycles. The monoisotopic (exact) mass is 272 g/mol. The smallest absolute Gasteiger partial charge is 0.176 e. The number of halogens is 6. The van der Waals surface area contributed by atoms with Crippen molar-refractivity contribution in [3.8, 4) is 0 Å². The minimum absolute atomic E-state index is 0.246. The molecule has 17 heavy (non-hydrogen) atoms. The Morgan fingerprint density at radius 3 is 1.76 bits per heavy atom. The summed E-state index contributed by atoms with van der Waals surface area (Å²) in [7, 11) is -4.59. The molecule has 0 nitrogen and oxygen atoms in total. The average molecular weight is 272 g/mol. The van der Waals surface area contributed by atoms with E-state index in [1.54, 1.807) is 0 Å². The van der Waals surface area contributed by atoms with Crippen molar-refractivity contribution in [2.75, 3.05) is 0 Å². The molecule has 96 valence electrons. The summed E-state index contributed by atoms with van der Waals surface area (Å²) in [6, 6.07) is 4.57. The standard InChI is InChI=1S/C10H10F6Si/c1-17(10(14,15)16,7-9(11,12)13)8-5-3-2-4-6-8/h2-6H,7H2,1H3. The lowest BCUT2D eigenvalue weighted by atomic mass is 10.4. The molecule has 0 N–H and O–H groups in total. The number of benzene rings is 1. The Hall–Kier alpha value is -0.983. The van der Waals surface area contributed by atoms with Crippen molar-refractivity contribution in [2.24, 2.45) is 0 Å². The van der Waals surface area contributed by atoms with Gasteiger partial charge >= 0.3 is 12.0 Å². The van der Waals surface area contributed by atoms with Crippen molar-refractivity contribution in [2.45, 2.75) is 24.6 Å². The van der Waals surface area contributed by atoms with E-state index in [-0.39, 0.29) is 5.19 Å². The first kappa shape index (κ1) is 14.1. The second-order valence-corrected chi connectivity index (χ2v) is 8.15. The highest BCUT2D eigenvalue weighted by Crippen LogP contribution is 2.37. The maximum absolute atomic E-state index is 12.9. The van der Waals surface area contributed by atoms with Crippen LogP contribution in [0.5, 0.6) is 0 Å². The van der Waals surface area contributed by atoms with Gasteiger partial charge in [-0.1, -0.05) is 36.9 Å². The first-order chi connectivity index (χ1) is 7.56. The molecule has 7 heteroatoms. The van der Waals surface area contributed by atoms with Crippen LogP contribution in [0.2, 0.25) is 12.6 Å². The van der Waals surface area contributed by atoms with Crippen LogP contribution in [-0.2, 0) is 0 Å². The Morgan fingerprint density at radius 1 is 0.941 bits per heavy atom. The molecule has 0 aliphatic heterocycles. The first-order valence-electron chi connectivity index (χ1n) is 4.75. The average Bonchev–Trinajstić information content (AvgIpc) is 2.14. The fraction of sp³-hybridized carbons (Fsp3) is 0.400. The van der Waals surface area contributed by atoms with Gasteiger partial charge in [-0.25, -0.2) is 0 Å². The van der Waals surface area contributed by atoms with Crippen LogP contribution in [0.15, 0.2) is 30.3 Å². The van der Waals surface area contributed by atoms with Gasteiger partial charge in [-0.15, -0.1) is 0 Å². The minimum Gasteiger partial charge on any atom is -0.176 e. The van der Waals surface area contributed by atoms with Gasteiger partial charge in [0.15, 0.2) is 0 Å². The van der Waals surface area contributed by atoms with Gasteiger partial charge in [0.25, 0.3) is 0 Å². The number of alkyl halides is 6. The maximum atomic E-state index is 12.9. The molecule has 0 fully saturated rings. The molecular formula is C10H10F6Si. The molecule has 1 aromatic carbocycles. The summed E-state index contributed by atoms with van der Waals surface area (Å²) in [4.78, 5) is 0. The molecule has 0 radical (unpaired) electrons. The highest BCUT2D eigenvalue weighted by Gasteiger charge is 2.59. The lowest BCUT2D eigenvalue weighted by Crippen LogP contribution is -2.59. The largest absolute Gasteiger partial charge is 0.387 e. The SMILES string of the molecule is C[Si](CC(F)(F)F)(c1ccccc1)C(F)(F)F. The fourth-order valence-corrected chi connectivity index (χ4v) is 4.03. The fourth-order valence-electron chi connectivity index (χ4n) is 1.57. The van der Waals surface area contributed by atoms with Crippen molar-refractivity contribution in [1.82, 2.24) is 0 Å².